The van der Waals surface area contributed by atoms with Crippen molar-refractivity contribution in [2.75, 3.05) is 26.2 Å². The minimum atomic E-state index is -0.362. The number of carbonyl (C=O) groups excluding carboxylic acids is 2. The molecule has 156 valence electrons. The van der Waals surface area contributed by atoms with E-state index >= 15 is 0 Å². The average molecular weight is 399 g/mol. The fraction of sp³-hybridized carbons (Fsp3) is 0.455. The third-order valence-corrected chi connectivity index (χ3v) is 5.18. The summed E-state index contributed by atoms with van der Waals surface area (Å²) in [6, 6.07) is 11.4. The van der Waals surface area contributed by atoms with E-state index in [2.05, 4.69) is 20.9 Å². The van der Waals surface area contributed by atoms with Gasteiger partial charge in [-0.1, -0.05) is 36.2 Å². The lowest BCUT2D eigenvalue weighted by molar-refractivity contribution is -0.120. The fourth-order valence-corrected chi connectivity index (χ4v) is 3.50. The van der Waals surface area contributed by atoms with Crippen LogP contribution in [-0.4, -0.2) is 43.0 Å². The zero-order chi connectivity index (χ0) is 20.5. The predicted octanol–water partition coefficient (Wildman–Crippen LogP) is 2.73. The predicted molar refractivity (Wildman–Crippen MR) is 111 cm³/mol. The number of benzene rings is 1. The number of piperidine rings is 1. The van der Waals surface area contributed by atoms with Crippen LogP contribution >= 0.6 is 0 Å². The smallest absolute Gasteiger partial charge is 0.315 e. The van der Waals surface area contributed by atoms with Crippen LogP contribution in [0.3, 0.4) is 0 Å². The third-order valence-electron chi connectivity index (χ3n) is 5.18. The van der Waals surface area contributed by atoms with E-state index in [1.807, 2.05) is 43.3 Å². The number of aryl methyl sites for hydroxylation is 1. The maximum absolute atomic E-state index is 12.2. The molecule has 7 nitrogen and oxygen atoms in total. The second kappa shape index (κ2) is 10.7. The molecular formula is C22H30N4O3. The lowest BCUT2D eigenvalue weighted by Gasteiger charge is -2.33. The van der Waals surface area contributed by atoms with Gasteiger partial charge in [-0.2, -0.15) is 0 Å². The molecule has 0 bridgehead atoms. The number of urea groups is 1. The lowest BCUT2D eigenvalue weighted by atomic mass is 10.1. The highest BCUT2D eigenvalue weighted by Gasteiger charge is 2.24. The maximum Gasteiger partial charge on any atom is 0.315 e. The van der Waals surface area contributed by atoms with E-state index in [1.54, 1.807) is 6.26 Å². The molecule has 3 amide bonds. The Hall–Kier alpha value is -2.80. The molecule has 0 radical (unpaired) electrons. The Balaban J connectivity index is 1.40. The van der Waals surface area contributed by atoms with E-state index < -0.39 is 0 Å². The molecule has 3 rings (SSSR count). The molecule has 1 aliphatic rings. The number of hydrogen-bond acceptors (Lipinski definition) is 4. The second-order valence-corrected chi connectivity index (χ2v) is 7.45. The van der Waals surface area contributed by atoms with Crippen molar-refractivity contribution in [2.24, 2.45) is 0 Å². The fourth-order valence-electron chi connectivity index (χ4n) is 3.50. The minimum absolute atomic E-state index is 0.0182. The van der Waals surface area contributed by atoms with Gasteiger partial charge >= 0.3 is 6.03 Å². The van der Waals surface area contributed by atoms with E-state index in [0.717, 1.165) is 37.3 Å². The summed E-state index contributed by atoms with van der Waals surface area (Å²) in [4.78, 5) is 26.5. The van der Waals surface area contributed by atoms with E-state index in [4.69, 9.17) is 4.42 Å². The molecule has 7 heteroatoms. The molecule has 0 spiro atoms. The van der Waals surface area contributed by atoms with Gasteiger partial charge in [0.25, 0.3) is 0 Å². The average Bonchev–Trinajstić information content (AvgIpc) is 3.27. The highest BCUT2D eigenvalue weighted by atomic mass is 16.3. The number of nitrogens with zero attached hydrogens (tertiary/aromatic N) is 1. The Morgan fingerprint density at radius 3 is 2.48 bits per heavy atom. The molecule has 0 aliphatic carbocycles. The number of carbonyl (C=O) groups is 2. The molecule has 29 heavy (non-hydrogen) atoms. The molecule has 0 saturated carbocycles. The van der Waals surface area contributed by atoms with Crippen LogP contribution < -0.4 is 16.0 Å². The van der Waals surface area contributed by atoms with Gasteiger partial charge in [-0.15, -0.1) is 0 Å². The first-order chi connectivity index (χ1) is 14.1. The van der Waals surface area contributed by atoms with Crippen molar-refractivity contribution in [3.63, 3.8) is 0 Å². The van der Waals surface area contributed by atoms with Gasteiger partial charge in [-0.05, 0) is 50.6 Å². The van der Waals surface area contributed by atoms with Gasteiger partial charge in [-0.25, -0.2) is 4.79 Å². The van der Waals surface area contributed by atoms with E-state index in [9.17, 15) is 9.59 Å². The van der Waals surface area contributed by atoms with Crippen molar-refractivity contribution in [3.8, 4) is 0 Å². The van der Waals surface area contributed by atoms with Gasteiger partial charge in [0.2, 0.25) is 5.91 Å². The summed E-state index contributed by atoms with van der Waals surface area (Å²) in [6.45, 7) is 4.83. The molecule has 1 saturated heterocycles. The van der Waals surface area contributed by atoms with Crippen molar-refractivity contribution in [1.82, 2.24) is 20.9 Å². The normalized spacial score (nSPS) is 15.5. The maximum atomic E-state index is 12.2. The molecular weight excluding hydrogens is 368 g/mol. The van der Waals surface area contributed by atoms with Crippen LogP contribution in [0.1, 0.15) is 42.2 Å². The van der Waals surface area contributed by atoms with E-state index in [0.29, 0.717) is 13.1 Å². The Bertz CT molecular complexity index is 768. The van der Waals surface area contributed by atoms with Crippen LogP contribution in [0.2, 0.25) is 0 Å². The van der Waals surface area contributed by atoms with Crippen LogP contribution in [0.15, 0.2) is 47.1 Å². The summed E-state index contributed by atoms with van der Waals surface area (Å²) in [6.07, 6.45) is 5.23. The van der Waals surface area contributed by atoms with Crippen LogP contribution in [-0.2, 0) is 11.3 Å². The number of rotatable bonds is 8. The van der Waals surface area contributed by atoms with E-state index in [-0.39, 0.29) is 24.5 Å². The second-order valence-electron chi connectivity index (χ2n) is 7.45. The van der Waals surface area contributed by atoms with Gasteiger partial charge in [0.1, 0.15) is 5.76 Å². The third kappa shape index (κ3) is 6.64. The molecule has 1 fully saturated rings. The standard InChI is InChI=1S/C22H30N4O3/c1-17-7-9-18(10-8-17)14-24-22(28)25-16-21(27)23-15-19(20-6-5-13-29-20)26-11-3-2-4-12-26/h5-10,13,19H,2-4,11-12,14-16H2,1H3,(H,23,27)(H2,24,25,28). The quantitative estimate of drug-likeness (QED) is 0.638. The highest BCUT2D eigenvalue weighted by molar-refractivity contribution is 5.83. The van der Waals surface area contributed by atoms with Crippen LogP contribution in [0.5, 0.6) is 0 Å². The number of nitrogens with one attached hydrogen (secondary N) is 3. The number of hydrogen-bond donors (Lipinski definition) is 3. The van der Waals surface area contributed by atoms with Crippen molar-refractivity contribution in [2.45, 2.75) is 38.8 Å². The first-order valence-corrected chi connectivity index (χ1v) is 10.2. The first kappa shape index (κ1) is 20.9. The molecule has 2 heterocycles. The zero-order valence-corrected chi connectivity index (χ0v) is 16.9. The van der Waals surface area contributed by atoms with Gasteiger partial charge in [0.05, 0.1) is 18.8 Å². The molecule has 1 aromatic carbocycles. The van der Waals surface area contributed by atoms with Crippen LogP contribution in [0.4, 0.5) is 4.79 Å². The number of amides is 3. The van der Waals surface area contributed by atoms with Gasteiger partial charge in [0, 0.05) is 13.1 Å². The highest BCUT2D eigenvalue weighted by Crippen LogP contribution is 2.24. The lowest BCUT2D eigenvalue weighted by Crippen LogP contribution is -2.45. The Labute approximate surface area is 171 Å². The molecule has 1 aliphatic heterocycles. The summed E-state index contributed by atoms with van der Waals surface area (Å²) in [5.74, 6) is 0.639. The first-order valence-electron chi connectivity index (χ1n) is 10.2. The summed E-state index contributed by atoms with van der Waals surface area (Å²) >= 11 is 0. The Kier molecular flexibility index (Phi) is 7.69. The summed E-state index contributed by atoms with van der Waals surface area (Å²) < 4.78 is 5.59. The topological polar surface area (TPSA) is 86.6 Å². The van der Waals surface area contributed by atoms with Crippen molar-refractivity contribution in [1.29, 1.82) is 0 Å². The minimum Gasteiger partial charge on any atom is -0.468 e. The van der Waals surface area contributed by atoms with Crippen LogP contribution in [0, 0.1) is 6.92 Å². The zero-order valence-electron chi connectivity index (χ0n) is 16.9. The van der Waals surface area contributed by atoms with Crippen molar-refractivity contribution < 1.29 is 14.0 Å². The molecule has 1 aromatic heterocycles. The molecule has 2 aromatic rings. The van der Waals surface area contributed by atoms with E-state index in [1.165, 1.54) is 12.0 Å². The van der Waals surface area contributed by atoms with Gasteiger partial charge in [-0.3, -0.25) is 9.69 Å². The van der Waals surface area contributed by atoms with Crippen molar-refractivity contribution in [3.05, 3.63) is 59.5 Å². The summed E-state index contributed by atoms with van der Waals surface area (Å²) in [5, 5.41) is 8.28. The Morgan fingerprint density at radius 1 is 1.03 bits per heavy atom. The number of furan rings is 1. The summed E-state index contributed by atoms with van der Waals surface area (Å²) in [5.41, 5.74) is 2.19. The molecule has 1 unspecified atom stereocenters. The molecule has 3 N–H and O–H groups in total. The van der Waals surface area contributed by atoms with Gasteiger partial charge in [0.15, 0.2) is 0 Å². The van der Waals surface area contributed by atoms with Crippen molar-refractivity contribution >= 4 is 11.9 Å². The summed E-state index contributed by atoms with van der Waals surface area (Å²) in [7, 11) is 0. The monoisotopic (exact) mass is 398 g/mol. The largest absolute Gasteiger partial charge is 0.468 e. The molecule has 1 atom stereocenters. The Morgan fingerprint density at radius 2 is 1.79 bits per heavy atom. The SMILES string of the molecule is Cc1ccc(CNC(=O)NCC(=O)NCC(c2ccco2)N2CCCCC2)cc1. The number of likely N-dealkylation sites (tertiary alicyclic amines) is 1. The van der Waals surface area contributed by atoms with Gasteiger partial charge < -0.3 is 20.4 Å². The van der Waals surface area contributed by atoms with Crippen LogP contribution in [0.25, 0.3) is 0 Å².